The topological polar surface area (TPSA) is 59.3 Å². The quantitative estimate of drug-likeness (QED) is 0.373. The normalized spacial score (nSPS) is 49.7. The first kappa shape index (κ1) is 28.7. The third kappa shape index (κ3) is 4.75. The molecule has 4 aliphatic carbocycles. The molecule has 4 nitrogen and oxygen atoms in total. The summed E-state index contributed by atoms with van der Waals surface area (Å²) in [6.45, 7) is 12.2. The Bertz CT molecular complexity index is 1090. The second kappa shape index (κ2) is 10.6. The summed E-state index contributed by atoms with van der Waals surface area (Å²) in [6.07, 6.45) is 14.7. The van der Waals surface area contributed by atoms with E-state index in [1.165, 1.54) is 76.3 Å². The predicted octanol–water partition coefficient (Wildman–Crippen LogP) is 6.67. The maximum absolute atomic E-state index is 13.3. The molecule has 1 aromatic rings. The highest BCUT2D eigenvalue weighted by molar-refractivity contribution is 5.18. The molecule has 0 bridgehead atoms. The molecule has 4 N–H and O–H groups in total. The number of benzene rings is 1. The fourth-order valence-corrected chi connectivity index (χ4v) is 12.0. The number of hydrogen-bond donors (Lipinski definition) is 3. The maximum Gasteiger partial charge on any atom is 0.123 e. The van der Waals surface area contributed by atoms with E-state index in [0.29, 0.717) is 28.9 Å². The maximum atomic E-state index is 13.3. The van der Waals surface area contributed by atoms with Gasteiger partial charge in [-0.15, -0.1) is 0 Å². The van der Waals surface area contributed by atoms with Crippen LogP contribution in [0.3, 0.4) is 0 Å². The average Bonchev–Trinajstić information content (AvgIpc) is 3.40. The Balaban J connectivity index is 0.976. The van der Waals surface area contributed by atoms with Crippen LogP contribution < -0.4 is 16.4 Å². The number of ether oxygens (including phenoxy) is 1. The Morgan fingerprint density at radius 2 is 1.76 bits per heavy atom. The number of rotatable bonds is 5. The van der Waals surface area contributed by atoms with Crippen molar-refractivity contribution in [2.75, 3.05) is 13.1 Å². The highest BCUT2D eigenvalue weighted by Crippen LogP contribution is 2.71. The van der Waals surface area contributed by atoms with Crippen molar-refractivity contribution in [3.05, 3.63) is 35.6 Å². The summed E-state index contributed by atoms with van der Waals surface area (Å²) in [6, 6.07) is 7.46. The minimum absolute atomic E-state index is 0.0523. The molecule has 1 aromatic carbocycles. The molecule has 0 radical (unpaired) electrons. The van der Waals surface area contributed by atoms with E-state index in [1.807, 2.05) is 12.1 Å². The van der Waals surface area contributed by atoms with Crippen LogP contribution in [0.5, 0.6) is 0 Å². The molecule has 0 aromatic heterocycles. The van der Waals surface area contributed by atoms with Crippen LogP contribution in [0.1, 0.15) is 97.5 Å². The van der Waals surface area contributed by atoms with Crippen molar-refractivity contribution >= 4 is 0 Å². The van der Waals surface area contributed by atoms with Crippen LogP contribution in [-0.4, -0.2) is 37.0 Å². The number of nitrogens with one attached hydrogen (secondary N) is 2. The first-order valence-corrected chi connectivity index (χ1v) is 17.3. The van der Waals surface area contributed by atoms with Gasteiger partial charge < -0.3 is 15.8 Å². The lowest BCUT2D eigenvalue weighted by atomic mass is 9.44. The molecule has 6 aliphatic rings. The van der Waals surface area contributed by atoms with Gasteiger partial charge in [0.15, 0.2) is 0 Å². The van der Waals surface area contributed by atoms with E-state index in [9.17, 15) is 4.39 Å². The summed E-state index contributed by atoms with van der Waals surface area (Å²) in [7, 11) is 0. The van der Waals surface area contributed by atoms with Gasteiger partial charge in [0.1, 0.15) is 11.5 Å². The molecule has 2 saturated heterocycles. The predicted molar refractivity (Wildman–Crippen MR) is 164 cm³/mol. The standard InChI is InChI=1S/C36H56FN3O/c1-22-11-16-36(40-20-22)23(2)33-32(41-36)19-31-29-10-7-25-18-28(12-14-34(25,3)30(29)13-15-35(31,33)4)39-21-27(38)17-24-5-8-26(37)9-6-24/h5-6,8-9,22-23,25,27-33,39-40H,7,10-21,38H2,1-4H3/t22-,23-,25-,27-,28?,29+,30-,31-,32-,33-,34-,35-,36-/m0/s1. The monoisotopic (exact) mass is 565 g/mol. The second-order valence-corrected chi connectivity index (χ2v) is 16.3. The van der Waals surface area contributed by atoms with Gasteiger partial charge in [0.05, 0.1) is 6.10 Å². The first-order chi connectivity index (χ1) is 19.6. The van der Waals surface area contributed by atoms with E-state index in [0.717, 1.165) is 60.6 Å². The summed E-state index contributed by atoms with van der Waals surface area (Å²) in [5.41, 5.74) is 8.50. The Morgan fingerprint density at radius 3 is 2.51 bits per heavy atom. The fraction of sp³-hybridized carbons (Fsp3) is 0.833. The molecule has 2 heterocycles. The van der Waals surface area contributed by atoms with E-state index in [2.05, 4.69) is 38.3 Å². The lowest BCUT2D eigenvalue weighted by molar-refractivity contribution is -0.134. The first-order valence-electron chi connectivity index (χ1n) is 17.3. The Labute approximate surface area is 248 Å². The molecule has 7 rings (SSSR count). The molecule has 6 fully saturated rings. The van der Waals surface area contributed by atoms with Crippen molar-refractivity contribution in [1.29, 1.82) is 0 Å². The van der Waals surface area contributed by atoms with E-state index in [-0.39, 0.29) is 17.6 Å². The largest absolute Gasteiger partial charge is 0.357 e. The number of fused-ring (bicyclic) bond motifs is 7. The molecule has 41 heavy (non-hydrogen) atoms. The number of nitrogens with two attached hydrogens (primary N) is 1. The van der Waals surface area contributed by atoms with Crippen LogP contribution in [0.4, 0.5) is 4.39 Å². The zero-order chi connectivity index (χ0) is 28.6. The van der Waals surface area contributed by atoms with E-state index in [4.69, 9.17) is 10.5 Å². The van der Waals surface area contributed by atoms with Crippen molar-refractivity contribution in [3.8, 4) is 0 Å². The van der Waals surface area contributed by atoms with E-state index >= 15 is 0 Å². The summed E-state index contributed by atoms with van der Waals surface area (Å²) in [5, 5.41) is 7.78. The van der Waals surface area contributed by atoms with Crippen molar-refractivity contribution < 1.29 is 9.13 Å². The number of halogens is 1. The minimum Gasteiger partial charge on any atom is -0.357 e. The van der Waals surface area contributed by atoms with Crippen molar-refractivity contribution in [3.63, 3.8) is 0 Å². The van der Waals surface area contributed by atoms with Gasteiger partial charge in [0.2, 0.25) is 0 Å². The molecule has 0 amide bonds. The summed E-state index contributed by atoms with van der Waals surface area (Å²) >= 11 is 0. The zero-order valence-corrected chi connectivity index (χ0v) is 26.1. The average molecular weight is 566 g/mol. The number of piperidine rings is 1. The Morgan fingerprint density at radius 1 is 0.976 bits per heavy atom. The minimum atomic E-state index is -0.179. The molecule has 2 aliphatic heterocycles. The van der Waals surface area contributed by atoms with Gasteiger partial charge in [0.25, 0.3) is 0 Å². The molecular weight excluding hydrogens is 509 g/mol. The third-order valence-corrected chi connectivity index (χ3v) is 14.2. The lowest BCUT2D eigenvalue weighted by Crippen LogP contribution is -2.58. The van der Waals surface area contributed by atoms with Crippen molar-refractivity contribution in [1.82, 2.24) is 10.6 Å². The van der Waals surface area contributed by atoms with Crippen LogP contribution in [-0.2, 0) is 11.2 Å². The Hall–Kier alpha value is -1.01. The molecule has 4 saturated carbocycles. The van der Waals surface area contributed by atoms with Crippen LogP contribution >= 0.6 is 0 Å². The van der Waals surface area contributed by atoms with Crippen LogP contribution in [0.15, 0.2) is 24.3 Å². The van der Waals surface area contributed by atoms with Gasteiger partial charge in [-0.05, 0) is 135 Å². The summed E-state index contributed by atoms with van der Waals surface area (Å²) in [4.78, 5) is 0. The fourth-order valence-electron chi connectivity index (χ4n) is 12.0. The lowest BCUT2D eigenvalue weighted by Gasteiger charge is -2.61. The van der Waals surface area contributed by atoms with Gasteiger partial charge in [-0.3, -0.25) is 5.32 Å². The van der Waals surface area contributed by atoms with Crippen molar-refractivity contribution in [2.24, 2.45) is 58.0 Å². The summed E-state index contributed by atoms with van der Waals surface area (Å²) < 4.78 is 20.4. The van der Waals surface area contributed by atoms with E-state index < -0.39 is 0 Å². The molecule has 1 spiro atoms. The van der Waals surface area contributed by atoms with Gasteiger partial charge in [-0.2, -0.15) is 0 Å². The third-order valence-electron chi connectivity index (χ3n) is 14.2. The van der Waals surface area contributed by atoms with Gasteiger partial charge >= 0.3 is 0 Å². The van der Waals surface area contributed by atoms with Gasteiger partial charge in [0, 0.05) is 31.1 Å². The van der Waals surface area contributed by atoms with Crippen molar-refractivity contribution in [2.45, 2.75) is 122 Å². The number of hydrogen-bond acceptors (Lipinski definition) is 4. The molecular formula is C36H56FN3O. The van der Waals surface area contributed by atoms with Crippen LogP contribution in [0, 0.1) is 58.1 Å². The van der Waals surface area contributed by atoms with Gasteiger partial charge in [-0.25, -0.2) is 4.39 Å². The molecule has 1 unspecified atom stereocenters. The van der Waals surface area contributed by atoms with Gasteiger partial charge in [-0.1, -0.05) is 39.8 Å². The van der Waals surface area contributed by atoms with Crippen LogP contribution in [0.25, 0.3) is 0 Å². The molecule has 13 atom stereocenters. The highest BCUT2D eigenvalue weighted by Gasteiger charge is 2.68. The zero-order valence-electron chi connectivity index (χ0n) is 26.1. The van der Waals surface area contributed by atoms with E-state index in [1.54, 1.807) is 0 Å². The highest BCUT2D eigenvalue weighted by atomic mass is 19.1. The SMILES string of the molecule is C[C@H]1CC[C@]2(NC1)O[C@H]1C[C@H]3[C@@H]4CC[C@H]5CC(NC[C@@H](N)Cc6ccc(F)cc6)CC[C@]5(C)[C@H]4CC[C@]3(C)[C@H]1[C@@H]2C. The Kier molecular flexibility index (Phi) is 7.40. The molecule has 228 valence electrons. The second-order valence-electron chi connectivity index (χ2n) is 16.3. The smallest absolute Gasteiger partial charge is 0.123 e. The molecule has 5 heteroatoms. The summed E-state index contributed by atoms with van der Waals surface area (Å²) in [5.74, 6) is 5.39. The van der Waals surface area contributed by atoms with Crippen LogP contribution in [0.2, 0.25) is 0 Å².